The van der Waals surface area contributed by atoms with E-state index in [1.54, 1.807) is 18.2 Å². The molecule has 3 aromatic rings. The quantitative estimate of drug-likeness (QED) is 0.310. The monoisotopic (exact) mass is 456 g/mol. The number of hydrogen-bond donors (Lipinski definition) is 2. The van der Waals surface area contributed by atoms with Gasteiger partial charge in [-0.2, -0.15) is 0 Å². The zero-order valence-corrected chi connectivity index (χ0v) is 18.4. The Labute approximate surface area is 191 Å². The average molecular weight is 457 g/mol. The van der Waals surface area contributed by atoms with Gasteiger partial charge in [-0.25, -0.2) is 0 Å². The first kappa shape index (κ1) is 23.5. The average Bonchev–Trinajstić information content (AvgIpc) is 2.80. The number of non-ortho nitro benzene ring substituents is 1. The van der Waals surface area contributed by atoms with E-state index in [9.17, 15) is 15.2 Å². The molecule has 0 radical (unpaired) electrons. The van der Waals surface area contributed by atoms with Crippen molar-refractivity contribution in [3.63, 3.8) is 0 Å². The second kappa shape index (κ2) is 11.5. The first-order chi connectivity index (χ1) is 15.5. The number of hydrogen-bond acceptors (Lipinski definition) is 6. The van der Waals surface area contributed by atoms with Gasteiger partial charge < -0.3 is 19.9 Å². The lowest BCUT2D eigenvalue weighted by Crippen LogP contribution is -2.21. The van der Waals surface area contributed by atoms with Crippen LogP contribution in [-0.4, -0.2) is 23.2 Å². The number of benzene rings is 3. The van der Waals surface area contributed by atoms with Crippen LogP contribution >= 0.6 is 11.6 Å². The van der Waals surface area contributed by atoms with Gasteiger partial charge >= 0.3 is 0 Å². The first-order valence-electron chi connectivity index (χ1n) is 10.2. The Morgan fingerprint density at radius 2 is 1.75 bits per heavy atom. The Balaban J connectivity index is 1.63. The van der Waals surface area contributed by atoms with Crippen LogP contribution in [-0.2, 0) is 13.2 Å². The highest BCUT2D eigenvalue weighted by atomic mass is 35.5. The summed E-state index contributed by atoms with van der Waals surface area (Å²) in [5.74, 6) is 1.04. The molecule has 7 nitrogen and oxygen atoms in total. The number of rotatable bonds is 11. The van der Waals surface area contributed by atoms with Gasteiger partial charge in [0.15, 0.2) is 11.5 Å². The zero-order valence-electron chi connectivity index (χ0n) is 17.7. The summed E-state index contributed by atoms with van der Waals surface area (Å²) in [5.41, 5.74) is 2.48. The number of nitrogens with one attached hydrogen (secondary N) is 1. The summed E-state index contributed by atoms with van der Waals surface area (Å²) in [4.78, 5) is 10.3. The molecule has 32 heavy (non-hydrogen) atoms. The second-order valence-corrected chi connectivity index (χ2v) is 7.50. The van der Waals surface area contributed by atoms with Gasteiger partial charge in [-0.15, -0.1) is 0 Å². The highest BCUT2D eigenvalue weighted by molar-refractivity contribution is 6.31. The van der Waals surface area contributed by atoms with E-state index < -0.39 is 11.0 Å². The molecule has 2 N–H and O–H groups in total. The van der Waals surface area contributed by atoms with Crippen molar-refractivity contribution in [3.8, 4) is 11.5 Å². The van der Waals surface area contributed by atoms with Gasteiger partial charge in [0.1, 0.15) is 6.61 Å². The molecule has 3 rings (SSSR count). The third-order valence-electron chi connectivity index (χ3n) is 4.79. The molecule has 1 atom stereocenters. The van der Waals surface area contributed by atoms with Crippen molar-refractivity contribution in [2.45, 2.75) is 26.2 Å². The predicted octanol–water partition coefficient (Wildman–Crippen LogP) is 5.05. The molecule has 0 aromatic heterocycles. The van der Waals surface area contributed by atoms with E-state index in [2.05, 4.69) is 5.32 Å². The van der Waals surface area contributed by atoms with Crippen LogP contribution in [0, 0.1) is 10.1 Å². The number of aliphatic hydroxyl groups is 1. The van der Waals surface area contributed by atoms with Crippen molar-refractivity contribution in [1.82, 2.24) is 5.32 Å². The van der Waals surface area contributed by atoms with Crippen LogP contribution in [0.1, 0.15) is 29.7 Å². The molecule has 0 aliphatic heterocycles. The Bertz CT molecular complexity index is 1030. The number of aliphatic hydroxyl groups excluding tert-OH is 1. The van der Waals surface area contributed by atoms with E-state index in [1.807, 2.05) is 43.3 Å². The molecule has 0 spiro atoms. The Kier molecular flexibility index (Phi) is 8.44. The molecule has 0 saturated heterocycles. The van der Waals surface area contributed by atoms with Gasteiger partial charge in [0, 0.05) is 36.3 Å². The van der Waals surface area contributed by atoms with E-state index in [0.29, 0.717) is 36.2 Å². The summed E-state index contributed by atoms with van der Waals surface area (Å²) < 4.78 is 11.6. The number of nitro groups is 1. The summed E-state index contributed by atoms with van der Waals surface area (Å²) in [6, 6.07) is 19.1. The highest BCUT2D eigenvalue weighted by Crippen LogP contribution is 2.34. The summed E-state index contributed by atoms with van der Waals surface area (Å²) in [6.07, 6.45) is -0.620. The Morgan fingerprint density at radius 1 is 1.06 bits per heavy atom. The van der Waals surface area contributed by atoms with E-state index in [-0.39, 0.29) is 12.3 Å². The van der Waals surface area contributed by atoms with Crippen molar-refractivity contribution in [3.05, 3.63) is 98.6 Å². The van der Waals surface area contributed by atoms with Crippen LogP contribution in [0.3, 0.4) is 0 Å². The molecule has 168 valence electrons. The largest absolute Gasteiger partial charge is 0.490 e. The molecule has 0 fully saturated rings. The normalized spacial score (nSPS) is 11.7. The summed E-state index contributed by atoms with van der Waals surface area (Å²) in [5, 5.41) is 24.8. The van der Waals surface area contributed by atoms with E-state index in [1.165, 1.54) is 12.1 Å². The van der Waals surface area contributed by atoms with Crippen molar-refractivity contribution >= 4 is 17.3 Å². The van der Waals surface area contributed by atoms with Crippen molar-refractivity contribution in [2.75, 3.05) is 13.2 Å². The fourth-order valence-corrected chi connectivity index (χ4v) is 3.33. The van der Waals surface area contributed by atoms with Gasteiger partial charge in [-0.3, -0.25) is 10.1 Å². The molecule has 1 unspecified atom stereocenters. The summed E-state index contributed by atoms with van der Waals surface area (Å²) in [7, 11) is 0. The highest BCUT2D eigenvalue weighted by Gasteiger charge is 2.13. The van der Waals surface area contributed by atoms with Crippen LogP contribution in [0.2, 0.25) is 5.02 Å². The molecule has 0 saturated carbocycles. The lowest BCUT2D eigenvalue weighted by Gasteiger charge is -2.16. The zero-order chi connectivity index (χ0) is 22.9. The summed E-state index contributed by atoms with van der Waals surface area (Å²) in [6.45, 7) is 3.38. The molecule has 0 heterocycles. The molecule has 8 heteroatoms. The molecule has 0 aliphatic carbocycles. The predicted molar refractivity (Wildman–Crippen MR) is 123 cm³/mol. The van der Waals surface area contributed by atoms with E-state index >= 15 is 0 Å². The molecule has 3 aromatic carbocycles. The minimum atomic E-state index is -0.620. The maximum Gasteiger partial charge on any atom is 0.269 e. The molecular weight excluding hydrogens is 432 g/mol. The van der Waals surface area contributed by atoms with Crippen LogP contribution < -0.4 is 14.8 Å². The first-order valence-corrected chi connectivity index (χ1v) is 10.6. The van der Waals surface area contributed by atoms with Crippen molar-refractivity contribution in [2.24, 2.45) is 0 Å². The third kappa shape index (κ3) is 6.43. The minimum Gasteiger partial charge on any atom is -0.490 e. The Hall–Kier alpha value is -3.13. The molecular formula is C24H25ClN2O5. The van der Waals surface area contributed by atoms with Gasteiger partial charge in [0.25, 0.3) is 5.69 Å². The van der Waals surface area contributed by atoms with Crippen molar-refractivity contribution < 1.29 is 19.5 Å². The molecule has 0 aliphatic rings. The number of halogens is 1. The van der Waals surface area contributed by atoms with Gasteiger partial charge in [-0.05, 0) is 41.8 Å². The fraction of sp³-hybridized carbons (Fsp3) is 0.250. The van der Waals surface area contributed by atoms with Gasteiger partial charge in [-0.1, -0.05) is 41.9 Å². The smallest absolute Gasteiger partial charge is 0.269 e. The maximum atomic E-state index is 10.8. The second-order valence-electron chi connectivity index (χ2n) is 7.09. The van der Waals surface area contributed by atoms with E-state index in [4.69, 9.17) is 21.1 Å². The lowest BCUT2D eigenvalue weighted by molar-refractivity contribution is -0.384. The third-order valence-corrected chi connectivity index (χ3v) is 5.14. The van der Waals surface area contributed by atoms with Gasteiger partial charge in [0.05, 0.1) is 17.6 Å². The number of nitro benzene ring substituents is 1. The van der Waals surface area contributed by atoms with Crippen LogP contribution in [0.15, 0.2) is 66.7 Å². The topological polar surface area (TPSA) is 93.9 Å². The minimum absolute atomic E-state index is 0.0287. The van der Waals surface area contributed by atoms with E-state index in [0.717, 1.165) is 16.7 Å². The SMILES string of the molecule is CCOc1cc(CNCC(O)c2ccccc2)c(Cl)cc1OCc1ccc([N+](=O)[O-])cc1. The number of ether oxygens (including phenoxy) is 2. The Morgan fingerprint density at radius 3 is 2.41 bits per heavy atom. The number of nitrogens with zero attached hydrogens (tertiary/aromatic N) is 1. The summed E-state index contributed by atoms with van der Waals surface area (Å²) >= 11 is 6.46. The lowest BCUT2D eigenvalue weighted by atomic mass is 10.1. The van der Waals surface area contributed by atoms with Crippen molar-refractivity contribution in [1.29, 1.82) is 0 Å². The maximum absolute atomic E-state index is 10.8. The molecule has 0 bridgehead atoms. The fourth-order valence-electron chi connectivity index (χ4n) is 3.11. The van der Waals surface area contributed by atoms with Crippen LogP contribution in [0.4, 0.5) is 5.69 Å². The van der Waals surface area contributed by atoms with Crippen LogP contribution in [0.25, 0.3) is 0 Å². The van der Waals surface area contributed by atoms with Crippen LogP contribution in [0.5, 0.6) is 11.5 Å². The standard InChI is InChI=1S/C24H25ClN2O5/c1-2-31-23-12-19(14-26-15-22(28)18-6-4-3-5-7-18)21(25)13-24(23)32-16-17-8-10-20(11-9-17)27(29)30/h3-13,22,26,28H,2,14-16H2,1H3. The van der Waals surface area contributed by atoms with Gasteiger partial charge in [0.2, 0.25) is 0 Å². The molecule has 0 amide bonds.